The minimum absolute atomic E-state index is 0.0110. The van der Waals surface area contributed by atoms with Gasteiger partial charge in [-0.1, -0.05) is 30.3 Å². The zero-order valence-electron chi connectivity index (χ0n) is 14.4. The highest BCUT2D eigenvalue weighted by molar-refractivity contribution is 7.85. The van der Waals surface area contributed by atoms with Crippen LogP contribution in [0.3, 0.4) is 0 Å². The lowest BCUT2D eigenvalue weighted by Gasteiger charge is -2.35. The number of hydrogen-bond acceptors (Lipinski definition) is 4. The standard InChI is InChI=1S/C20H18N2O4S/c23-20-14-8-6-13(27(24,25)26)9-12(14)5-7-17(20)19-16-4-2-1-3-15(16)18-10-21-11-22(18)19/h1-4,6,8-11,17,19-20,23H,5,7H2,(H,24,25,26). The summed E-state index contributed by atoms with van der Waals surface area (Å²) in [6, 6.07) is 12.6. The van der Waals surface area contributed by atoms with Gasteiger partial charge in [0.05, 0.1) is 35.3 Å². The summed E-state index contributed by atoms with van der Waals surface area (Å²) in [6.45, 7) is 0. The van der Waals surface area contributed by atoms with Gasteiger partial charge in [0.15, 0.2) is 0 Å². The Morgan fingerprint density at radius 3 is 2.74 bits per heavy atom. The lowest BCUT2D eigenvalue weighted by Crippen LogP contribution is -2.28. The van der Waals surface area contributed by atoms with Crippen LogP contribution in [0, 0.1) is 5.92 Å². The first kappa shape index (κ1) is 16.7. The molecule has 0 spiro atoms. The number of aryl methyl sites for hydroxylation is 1. The molecule has 1 aromatic heterocycles. The van der Waals surface area contributed by atoms with E-state index in [1.54, 1.807) is 6.07 Å². The van der Waals surface area contributed by atoms with Crippen LogP contribution < -0.4 is 0 Å². The van der Waals surface area contributed by atoms with Crippen molar-refractivity contribution in [3.05, 3.63) is 71.7 Å². The topological polar surface area (TPSA) is 92.4 Å². The molecule has 2 aliphatic rings. The first-order valence-electron chi connectivity index (χ1n) is 8.84. The first-order valence-corrected chi connectivity index (χ1v) is 10.3. The first-order chi connectivity index (χ1) is 12.9. The van der Waals surface area contributed by atoms with Crippen LogP contribution in [0.25, 0.3) is 11.3 Å². The Balaban J connectivity index is 1.57. The van der Waals surface area contributed by atoms with Gasteiger partial charge in [0, 0.05) is 11.5 Å². The van der Waals surface area contributed by atoms with Crippen LogP contribution in [-0.4, -0.2) is 27.6 Å². The van der Waals surface area contributed by atoms with Crippen molar-refractivity contribution in [3.8, 4) is 11.3 Å². The minimum Gasteiger partial charge on any atom is -0.388 e. The highest BCUT2D eigenvalue weighted by Crippen LogP contribution is 2.49. The molecular formula is C20H18N2O4S. The van der Waals surface area contributed by atoms with Gasteiger partial charge < -0.3 is 9.67 Å². The molecule has 138 valence electrons. The molecule has 1 aliphatic carbocycles. The number of imidazole rings is 1. The molecule has 5 rings (SSSR count). The number of hydrogen-bond donors (Lipinski definition) is 2. The molecule has 0 fully saturated rings. The Hall–Kier alpha value is -2.48. The van der Waals surface area contributed by atoms with Gasteiger partial charge in [-0.3, -0.25) is 4.55 Å². The molecule has 0 amide bonds. The minimum atomic E-state index is -4.25. The van der Waals surface area contributed by atoms with Gasteiger partial charge in [-0.05, 0) is 41.7 Å². The summed E-state index contributed by atoms with van der Waals surface area (Å²) in [4.78, 5) is 4.15. The number of nitrogens with zero attached hydrogens (tertiary/aromatic N) is 2. The fourth-order valence-electron chi connectivity index (χ4n) is 4.60. The van der Waals surface area contributed by atoms with Crippen LogP contribution in [0.2, 0.25) is 0 Å². The molecular weight excluding hydrogens is 364 g/mol. The molecule has 3 unspecified atom stereocenters. The molecule has 0 radical (unpaired) electrons. The average Bonchev–Trinajstić information content (AvgIpc) is 3.22. The fourth-order valence-corrected chi connectivity index (χ4v) is 5.13. The third-order valence-electron chi connectivity index (χ3n) is 5.81. The Morgan fingerprint density at radius 1 is 1.11 bits per heavy atom. The average molecular weight is 382 g/mol. The molecule has 3 atom stereocenters. The van der Waals surface area contributed by atoms with Crippen LogP contribution in [0.15, 0.2) is 59.9 Å². The van der Waals surface area contributed by atoms with E-state index in [-0.39, 0.29) is 16.9 Å². The van der Waals surface area contributed by atoms with E-state index in [1.807, 2.05) is 24.7 Å². The highest BCUT2D eigenvalue weighted by atomic mass is 32.2. The van der Waals surface area contributed by atoms with Crippen molar-refractivity contribution < 1.29 is 18.1 Å². The van der Waals surface area contributed by atoms with E-state index in [0.717, 1.165) is 22.4 Å². The van der Waals surface area contributed by atoms with Crippen molar-refractivity contribution in [2.75, 3.05) is 0 Å². The maximum Gasteiger partial charge on any atom is 0.294 e. The number of rotatable bonds is 2. The van der Waals surface area contributed by atoms with Crippen LogP contribution >= 0.6 is 0 Å². The molecule has 0 saturated carbocycles. The Bertz CT molecular complexity index is 1150. The predicted molar refractivity (Wildman–Crippen MR) is 98.8 cm³/mol. The van der Waals surface area contributed by atoms with Crippen molar-refractivity contribution in [3.63, 3.8) is 0 Å². The molecule has 3 aromatic rings. The summed E-state index contributed by atoms with van der Waals surface area (Å²) in [7, 11) is -4.25. The molecule has 2 aromatic carbocycles. The second-order valence-electron chi connectivity index (χ2n) is 7.20. The van der Waals surface area contributed by atoms with E-state index < -0.39 is 16.2 Å². The van der Waals surface area contributed by atoms with Crippen LogP contribution in [-0.2, 0) is 16.5 Å². The van der Waals surface area contributed by atoms with Crippen molar-refractivity contribution in [2.45, 2.75) is 29.9 Å². The number of benzene rings is 2. The Labute approximate surface area is 156 Å². The summed E-state index contributed by atoms with van der Waals surface area (Å²) in [5.41, 5.74) is 4.86. The maximum atomic E-state index is 11.4. The summed E-state index contributed by atoms with van der Waals surface area (Å²) in [5, 5.41) is 11.1. The zero-order valence-corrected chi connectivity index (χ0v) is 15.2. The number of aromatic nitrogens is 2. The second-order valence-corrected chi connectivity index (χ2v) is 8.62. The maximum absolute atomic E-state index is 11.4. The number of fused-ring (bicyclic) bond motifs is 4. The summed E-state index contributed by atoms with van der Waals surface area (Å²) in [5.74, 6) is -0.0503. The van der Waals surface area contributed by atoms with E-state index in [9.17, 15) is 18.1 Å². The lowest BCUT2D eigenvalue weighted by atomic mass is 9.76. The van der Waals surface area contributed by atoms with Gasteiger partial charge in [-0.15, -0.1) is 0 Å². The summed E-state index contributed by atoms with van der Waals surface area (Å²) in [6.07, 6.45) is 4.28. The van der Waals surface area contributed by atoms with Crippen molar-refractivity contribution in [2.24, 2.45) is 5.92 Å². The van der Waals surface area contributed by atoms with Crippen LogP contribution in [0.5, 0.6) is 0 Å². The van der Waals surface area contributed by atoms with E-state index in [4.69, 9.17) is 0 Å². The summed E-state index contributed by atoms with van der Waals surface area (Å²) >= 11 is 0. The number of aliphatic hydroxyl groups excluding tert-OH is 1. The molecule has 1 aliphatic heterocycles. The smallest absolute Gasteiger partial charge is 0.294 e. The zero-order chi connectivity index (χ0) is 18.8. The van der Waals surface area contributed by atoms with Crippen molar-refractivity contribution in [1.29, 1.82) is 0 Å². The Morgan fingerprint density at radius 2 is 1.93 bits per heavy atom. The number of aliphatic hydroxyl groups is 1. The van der Waals surface area contributed by atoms with Crippen LogP contribution in [0.1, 0.15) is 35.3 Å². The quantitative estimate of drug-likeness (QED) is 0.665. The van der Waals surface area contributed by atoms with Crippen molar-refractivity contribution in [1.82, 2.24) is 9.55 Å². The molecule has 27 heavy (non-hydrogen) atoms. The van der Waals surface area contributed by atoms with Crippen molar-refractivity contribution >= 4 is 10.1 Å². The van der Waals surface area contributed by atoms with Gasteiger partial charge in [0.25, 0.3) is 10.1 Å². The molecule has 0 bridgehead atoms. The second kappa shape index (κ2) is 5.76. The highest BCUT2D eigenvalue weighted by Gasteiger charge is 2.40. The van der Waals surface area contributed by atoms with E-state index in [0.29, 0.717) is 12.8 Å². The predicted octanol–water partition coefficient (Wildman–Crippen LogP) is 3.00. The van der Waals surface area contributed by atoms with Gasteiger partial charge in [0.2, 0.25) is 0 Å². The third kappa shape index (κ3) is 2.46. The lowest BCUT2D eigenvalue weighted by molar-refractivity contribution is 0.0719. The van der Waals surface area contributed by atoms with Gasteiger partial charge >= 0.3 is 0 Å². The molecule has 2 heterocycles. The molecule has 0 saturated heterocycles. The Kier molecular flexibility index (Phi) is 3.56. The fraction of sp³-hybridized carbons (Fsp3) is 0.250. The van der Waals surface area contributed by atoms with E-state index in [1.165, 1.54) is 17.7 Å². The monoisotopic (exact) mass is 382 g/mol. The molecule has 6 nitrogen and oxygen atoms in total. The van der Waals surface area contributed by atoms with Crippen LogP contribution in [0.4, 0.5) is 0 Å². The van der Waals surface area contributed by atoms with E-state index >= 15 is 0 Å². The van der Waals surface area contributed by atoms with Gasteiger partial charge in [-0.2, -0.15) is 8.42 Å². The van der Waals surface area contributed by atoms with Gasteiger partial charge in [0.1, 0.15) is 0 Å². The third-order valence-corrected chi connectivity index (χ3v) is 6.66. The summed E-state index contributed by atoms with van der Waals surface area (Å²) < 4.78 is 34.2. The normalized spacial score (nSPS) is 23.6. The molecule has 7 heteroatoms. The SMILES string of the molecule is O=S(=O)(O)c1ccc2c(c1)CCC(C1c3ccccc3-c3cncn31)C2O. The largest absolute Gasteiger partial charge is 0.388 e. The van der Waals surface area contributed by atoms with E-state index in [2.05, 4.69) is 21.7 Å². The van der Waals surface area contributed by atoms with Gasteiger partial charge in [-0.25, -0.2) is 4.98 Å². The molecule has 2 N–H and O–H groups in total.